The van der Waals surface area contributed by atoms with Crippen LogP contribution in [0, 0.1) is 18.3 Å². The highest BCUT2D eigenvalue weighted by molar-refractivity contribution is 5.99. The van der Waals surface area contributed by atoms with E-state index in [-0.39, 0.29) is 11.4 Å². The molecule has 0 heterocycles. The van der Waals surface area contributed by atoms with Crippen LogP contribution in [0.5, 0.6) is 0 Å². The molecule has 6 heteroatoms. The first-order chi connectivity index (χ1) is 13.9. The molecule has 2 aromatic rings. The van der Waals surface area contributed by atoms with E-state index in [1.165, 1.54) is 13.0 Å². The number of benzene rings is 2. The first-order valence-electron chi connectivity index (χ1n) is 9.08. The Balaban J connectivity index is 1.93. The maximum atomic E-state index is 12.1. The second kappa shape index (κ2) is 10.6. The highest BCUT2D eigenvalue weighted by Gasteiger charge is 2.19. The van der Waals surface area contributed by atoms with Gasteiger partial charge in [-0.05, 0) is 37.5 Å². The molecule has 0 aliphatic heterocycles. The van der Waals surface area contributed by atoms with E-state index in [4.69, 9.17) is 4.74 Å². The molecule has 0 aromatic heterocycles. The Labute approximate surface area is 169 Å². The van der Waals surface area contributed by atoms with Crippen LogP contribution in [0.1, 0.15) is 23.6 Å². The molecule has 29 heavy (non-hydrogen) atoms. The number of hydrogen-bond acceptors (Lipinski definition) is 5. The van der Waals surface area contributed by atoms with Crippen molar-refractivity contribution in [1.82, 2.24) is 5.32 Å². The lowest BCUT2D eigenvalue weighted by molar-refractivity contribution is -0.144. The van der Waals surface area contributed by atoms with Crippen LogP contribution in [0.3, 0.4) is 0 Å². The van der Waals surface area contributed by atoms with Crippen LogP contribution in [-0.2, 0) is 25.5 Å². The molecule has 0 bridgehead atoms. The molecular formula is C23H22N2O4. The van der Waals surface area contributed by atoms with E-state index >= 15 is 0 Å². The standard InChI is InChI=1S/C23H22N2O4/c1-16-8-10-19(11-9-16)12-20(14-24)23(28)29-15-22(27)25-21(17(2)26)13-18-6-4-3-5-7-18/h3-12,21H,13,15H2,1-2H3,(H,25,27)/b20-12+/t21-/m0/s1. The van der Waals surface area contributed by atoms with Crippen molar-refractivity contribution in [2.75, 3.05) is 6.61 Å². The number of aryl methyl sites for hydroxylation is 1. The summed E-state index contributed by atoms with van der Waals surface area (Å²) in [5, 5.41) is 11.8. The number of nitrogens with zero attached hydrogens (tertiary/aromatic N) is 1. The minimum Gasteiger partial charge on any atom is -0.451 e. The third-order valence-electron chi connectivity index (χ3n) is 4.17. The van der Waals surface area contributed by atoms with Crippen molar-refractivity contribution >= 4 is 23.7 Å². The summed E-state index contributed by atoms with van der Waals surface area (Å²) in [7, 11) is 0. The Kier molecular flexibility index (Phi) is 7.87. The number of carbonyl (C=O) groups excluding carboxylic acids is 3. The molecule has 148 valence electrons. The minimum absolute atomic E-state index is 0.203. The van der Waals surface area contributed by atoms with Crippen LogP contribution in [0.25, 0.3) is 6.08 Å². The summed E-state index contributed by atoms with van der Waals surface area (Å²) in [6.07, 6.45) is 1.74. The van der Waals surface area contributed by atoms with Crippen molar-refractivity contribution in [2.24, 2.45) is 0 Å². The topological polar surface area (TPSA) is 96.3 Å². The smallest absolute Gasteiger partial charge is 0.349 e. The predicted octanol–water partition coefficient (Wildman–Crippen LogP) is 2.76. The molecule has 0 saturated heterocycles. The van der Waals surface area contributed by atoms with E-state index < -0.39 is 24.5 Å². The Morgan fingerprint density at radius 2 is 1.76 bits per heavy atom. The van der Waals surface area contributed by atoms with Gasteiger partial charge in [-0.1, -0.05) is 60.2 Å². The maximum absolute atomic E-state index is 12.1. The molecule has 0 radical (unpaired) electrons. The van der Waals surface area contributed by atoms with E-state index in [0.717, 1.165) is 11.1 Å². The van der Waals surface area contributed by atoms with Crippen molar-refractivity contribution in [3.8, 4) is 6.07 Å². The summed E-state index contributed by atoms with van der Waals surface area (Å²) >= 11 is 0. The Morgan fingerprint density at radius 3 is 2.34 bits per heavy atom. The highest BCUT2D eigenvalue weighted by Crippen LogP contribution is 2.10. The number of ketones is 1. The van der Waals surface area contributed by atoms with Crippen LogP contribution in [0.15, 0.2) is 60.2 Å². The summed E-state index contributed by atoms with van der Waals surface area (Å²) < 4.78 is 4.93. The third-order valence-corrected chi connectivity index (χ3v) is 4.17. The lowest BCUT2D eigenvalue weighted by Gasteiger charge is -2.16. The van der Waals surface area contributed by atoms with E-state index in [9.17, 15) is 19.6 Å². The van der Waals surface area contributed by atoms with Gasteiger partial charge in [0.25, 0.3) is 5.91 Å². The van der Waals surface area contributed by atoms with Gasteiger partial charge in [0.2, 0.25) is 0 Å². The fraction of sp³-hybridized carbons (Fsp3) is 0.217. The normalized spacial score (nSPS) is 11.8. The van der Waals surface area contributed by atoms with E-state index in [2.05, 4.69) is 5.32 Å². The van der Waals surface area contributed by atoms with E-state index in [0.29, 0.717) is 12.0 Å². The molecule has 2 aromatic carbocycles. The maximum Gasteiger partial charge on any atom is 0.349 e. The molecule has 2 rings (SSSR count). The Morgan fingerprint density at radius 1 is 1.10 bits per heavy atom. The number of amides is 1. The number of rotatable bonds is 8. The minimum atomic E-state index is -0.898. The number of esters is 1. The van der Waals surface area contributed by atoms with Gasteiger partial charge in [0.15, 0.2) is 12.4 Å². The number of carbonyl (C=O) groups is 3. The number of ether oxygens (including phenoxy) is 1. The van der Waals surface area contributed by atoms with Crippen molar-refractivity contribution < 1.29 is 19.1 Å². The van der Waals surface area contributed by atoms with Crippen LogP contribution < -0.4 is 5.32 Å². The second-order valence-corrected chi connectivity index (χ2v) is 6.58. The number of nitrogens with one attached hydrogen (secondary N) is 1. The second-order valence-electron chi connectivity index (χ2n) is 6.58. The SMILES string of the molecule is CC(=O)[C@H](Cc1ccccc1)NC(=O)COC(=O)/C(C#N)=C/c1ccc(C)cc1. The lowest BCUT2D eigenvalue weighted by atomic mass is 10.0. The van der Waals surface area contributed by atoms with Crippen molar-refractivity contribution in [1.29, 1.82) is 5.26 Å². The van der Waals surface area contributed by atoms with E-state index in [1.54, 1.807) is 18.2 Å². The van der Waals surface area contributed by atoms with E-state index in [1.807, 2.05) is 49.4 Å². The van der Waals surface area contributed by atoms with Crippen molar-refractivity contribution in [2.45, 2.75) is 26.3 Å². The molecule has 0 aliphatic carbocycles. The zero-order valence-corrected chi connectivity index (χ0v) is 16.3. The van der Waals surface area contributed by atoms with Gasteiger partial charge in [-0.2, -0.15) is 5.26 Å². The van der Waals surface area contributed by atoms with Crippen LogP contribution in [0.2, 0.25) is 0 Å². The number of hydrogen-bond donors (Lipinski definition) is 1. The van der Waals surface area contributed by atoms with Crippen LogP contribution in [0.4, 0.5) is 0 Å². The van der Waals surface area contributed by atoms with Gasteiger partial charge in [0.05, 0.1) is 6.04 Å². The fourth-order valence-electron chi connectivity index (χ4n) is 2.56. The largest absolute Gasteiger partial charge is 0.451 e. The van der Waals surface area contributed by atoms with Gasteiger partial charge >= 0.3 is 5.97 Å². The lowest BCUT2D eigenvalue weighted by Crippen LogP contribution is -2.43. The molecule has 1 N–H and O–H groups in total. The predicted molar refractivity (Wildman–Crippen MR) is 108 cm³/mol. The molecular weight excluding hydrogens is 368 g/mol. The highest BCUT2D eigenvalue weighted by atomic mass is 16.5. The first kappa shape index (κ1) is 21.6. The number of Topliss-reactive ketones (excluding diaryl/α,β-unsaturated/α-hetero) is 1. The summed E-state index contributed by atoms with van der Waals surface area (Å²) in [4.78, 5) is 36.0. The molecule has 0 saturated carbocycles. The zero-order valence-electron chi connectivity index (χ0n) is 16.3. The Bertz CT molecular complexity index is 941. The molecule has 1 amide bonds. The third kappa shape index (κ3) is 7.07. The molecule has 0 aliphatic rings. The first-order valence-corrected chi connectivity index (χ1v) is 9.08. The van der Waals surface area contributed by atoms with Crippen molar-refractivity contribution in [3.05, 3.63) is 76.9 Å². The van der Waals surface area contributed by atoms with Gasteiger partial charge in [-0.15, -0.1) is 0 Å². The summed E-state index contributed by atoms with van der Waals surface area (Å²) in [6, 6.07) is 17.6. The average Bonchev–Trinajstić information content (AvgIpc) is 2.71. The summed E-state index contributed by atoms with van der Waals surface area (Å²) in [5.41, 5.74) is 2.41. The van der Waals surface area contributed by atoms with Gasteiger partial charge in [0.1, 0.15) is 11.6 Å². The van der Waals surface area contributed by atoms with Crippen LogP contribution >= 0.6 is 0 Å². The Hall–Kier alpha value is -3.72. The van der Waals surface area contributed by atoms with Crippen molar-refractivity contribution in [3.63, 3.8) is 0 Å². The molecule has 0 fully saturated rings. The molecule has 0 unspecified atom stereocenters. The molecule has 6 nitrogen and oxygen atoms in total. The quantitative estimate of drug-likeness (QED) is 0.425. The van der Waals surface area contributed by atoms with Gasteiger partial charge in [-0.3, -0.25) is 9.59 Å². The molecule has 1 atom stereocenters. The zero-order chi connectivity index (χ0) is 21.2. The van der Waals surface area contributed by atoms with Gasteiger partial charge in [0, 0.05) is 0 Å². The van der Waals surface area contributed by atoms with Gasteiger partial charge in [-0.25, -0.2) is 4.79 Å². The number of nitriles is 1. The van der Waals surface area contributed by atoms with Gasteiger partial charge < -0.3 is 10.1 Å². The van der Waals surface area contributed by atoms with Crippen LogP contribution in [-0.4, -0.2) is 30.3 Å². The summed E-state index contributed by atoms with van der Waals surface area (Å²) in [5.74, 6) is -1.71. The monoisotopic (exact) mass is 390 g/mol. The summed E-state index contributed by atoms with van der Waals surface area (Å²) in [6.45, 7) is 2.74. The average molecular weight is 390 g/mol. The fourth-order valence-corrected chi connectivity index (χ4v) is 2.56. The molecule has 0 spiro atoms.